The van der Waals surface area contributed by atoms with Gasteiger partial charge in [0.1, 0.15) is 0 Å². The first kappa shape index (κ1) is 16.6. The van der Waals surface area contributed by atoms with Crippen molar-refractivity contribution in [3.63, 3.8) is 0 Å². The number of thiocarbonyl (C=S) groups is 1. The van der Waals surface area contributed by atoms with Crippen LogP contribution in [0.1, 0.15) is 41.0 Å². The highest BCUT2D eigenvalue weighted by molar-refractivity contribution is 7.80. The van der Waals surface area contributed by atoms with Crippen molar-refractivity contribution in [1.29, 1.82) is 0 Å². The lowest BCUT2D eigenvalue weighted by molar-refractivity contribution is 0.283. The molecule has 3 nitrogen and oxygen atoms in total. The third-order valence-corrected chi connectivity index (χ3v) is 3.25. The number of hydrogen-bond donors (Lipinski definition) is 1. The third-order valence-electron chi connectivity index (χ3n) is 2.88. The summed E-state index contributed by atoms with van der Waals surface area (Å²) in [6.07, 6.45) is 1.18. The molecule has 0 aliphatic carbocycles. The first-order valence-electron chi connectivity index (χ1n) is 6.82. The molecule has 4 heteroatoms. The standard InChI is InChI=1S/C13H29N3S/c1-6-15(7-2)10-9-11-16(8-3)13(17)14-12(4)5/h12H,6-11H2,1-5H3,(H,14,17). The van der Waals surface area contributed by atoms with Gasteiger partial charge in [-0.2, -0.15) is 0 Å². The zero-order valence-corrected chi connectivity index (χ0v) is 12.9. The molecule has 0 rings (SSSR count). The fourth-order valence-corrected chi connectivity index (χ4v) is 2.22. The fourth-order valence-electron chi connectivity index (χ4n) is 1.77. The first-order chi connectivity index (χ1) is 8.04. The van der Waals surface area contributed by atoms with Crippen LogP contribution in [0.3, 0.4) is 0 Å². The van der Waals surface area contributed by atoms with E-state index in [0.717, 1.165) is 37.8 Å². The largest absolute Gasteiger partial charge is 0.360 e. The molecule has 0 aliphatic rings. The van der Waals surface area contributed by atoms with Crippen molar-refractivity contribution in [3.05, 3.63) is 0 Å². The van der Waals surface area contributed by atoms with Gasteiger partial charge in [0, 0.05) is 19.1 Å². The summed E-state index contributed by atoms with van der Waals surface area (Å²) in [5.41, 5.74) is 0. The highest BCUT2D eigenvalue weighted by Gasteiger charge is 2.08. The van der Waals surface area contributed by atoms with Crippen LogP contribution in [-0.4, -0.2) is 53.7 Å². The maximum atomic E-state index is 5.39. The zero-order valence-electron chi connectivity index (χ0n) is 12.1. The third kappa shape index (κ3) is 7.55. The number of rotatable bonds is 8. The number of nitrogens with one attached hydrogen (secondary N) is 1. The zero-order chi connectivity index (χ0) is 13.3. The van der Waals surface area contributed by atoms with E-state index in [0.29, 0.717) is 6.04 Å². The minimum Gasteiger partial charge on any atom is -0.360 e. The molecule has 0 radical (unpaired) electrons. The fraction of sp³-hybridized carbons (Fsp3) is 0.923. The second-order valence-electron chi connectivity index (χ2n) is 4.56. The molecule has 1 N–H and O–H groups in total. The molecule has 0 atom stereocenters. The summed E-state index contributed by atoms with van der Waals surface area (Å²) in [7, 11) is 0. The van der Waals surface area contributed by atoms with Gasteiger partial charge in [0.2, 0.25) is 0 Å². The summed E-state index contributed by atoms with van der Waals surface area (Å²) in [6.45, 7) is 16.3. The van der Waals surface area contributed by atoms with Gasteiger partial charge in [-0.15, -0.1) is 0 Å². The summed E-state index contributed by atoms with van der Waals surface area (Å²) in [4.78, 5) is 4.70. The van der Waals surface area contributed by atoms with Gasteiger partial charge in [-0.25, -0.2) is 0 Å². The normalized spacial score (nSPS) is 11.0. The Bertz CT molecular complexity index is 203. The van der Waals surface area contributed by atoms with Gasteiger partial charge in [0.05, 0.1) is 0 Å². The van der Waals surface area contributed by atoms with Gasteiger partial charge in [-0.1, -0.05) is 13.8 Å². The smallest absolute Gasteiger partial charge is 0.169 e. The van der Waals surface area contributed by atoms with Crippen LogP contribution in [-0.2, 0) is 0 Å². The van der Waals surface area contributed by atoms with Crippen LogP contribution in [0.25, 0.3) is 0 Å². The molecule has 0 aromatic heterocycles. The Kier molecular flexibility index (Phi) is 9.46. The Morgan fingerprint density at radius 2 is 1.65 bits per heavy atom. The molecule has 0 amide bonds. The maximum Gasteiger partial charge on any atom is 0.169 e. The van der Waals surface area contributed by atoms with Gasteiger partial charge >= 0.3 is 0 Å². The summed E-state index contributed by atoms with van der Waals surface area (Å²) < 4.78 is 0. The van der Waals surface area contributed by atoms with Crippen LogP contribution in [0, 0.1) is 0 Å². The molecule has 0 spiro atoms. The van der Waals surface area contributed by atoms with Crippen LogP contribution in [0.5, 0.6) is 0 Å². The predicted molar refractivity (Wildman–Crippen MR) is 80.5 cm³/mol. The monoisotopic (exact) mass is 259 g/mol. The summed E-state index contributed by atoms with van der Waals surface area (Å²) in [5.74, 6) is 0. The van der Waals surface area contributed by atoms with Gasteiger partial charge in [-0.05, 0) is 59.0 Å². The molecule has 0 heterocycles. The second-order valence-corrected chi connectivity index (χ2v) is 4.95. The Balaban J connectivity index is 3.93. The molecule has 0 saturated heterocycles. The lowest BCUT2D eigenvalue weighted by atomic mass is 10.3. The molecule has 0 fully saturated rings. The predicted octanol–water partition coefficient (Wildman–Crippen LogP) is 2.32. The maximum absolute atomic E-state index is 5.39. The van der Waals surface area contributed by atoms with Gasteiger partial charge in [0.25, 0.3) is 0 Å². The van der Waals surface area contributed by atoms with Crippen molar-refractivity contribution < 1.29 is 0 Å². The SMILES string of the molecule is CCN(CC)CCCN(CC)C(=S)NC(C)C. The van der Waals surface area contributed by atoms with Crippen LogP contribution in [0.2, 0.25) is 0 Å². The highest BCUT2D eigenvalue weighted by atomic mass is 32.1. The van der Waals surface area contributed by atoms with E-state index in [1.807, 2.05) is 0 Å². The molecule has 17 heavy (non-hydrogen) atoms. The van der Waals surface area contributed by atoms with E-state index < -0.39 is 0 Å². The molecule has 0 unspecified atom stereocenters. The van der Waals surface area contributed by atoms with Crippen molar-refractivity contribution in [3.8, 4) is 0 Å². The van der Waals surface area contributed by atoms with Crippen molar-refractivity contribution in [2.24, 2.45) is 0 Å². The number of hydrogen-bond acceptors (Lipinski definition) is 2. The minimum atomic E-state index is 0.416. The van der Waals surface area contributed by atoms with Crippen molar-refractivity contribution in [2.45, 2.75) is 47.1 Å². The molecule has 0 aromatic carbocycles. The molecular formula is C13H29N3S. The molecular weight excluding hydrogens is 230 g/mol. The molecule has 0 aromatic rings. The van der Waals surface area contributed by atoms with Gasteiger partial charge in [-0.3, -0.25) is 0 Å². The lowest BCUT2D eigenvalue weighted by Gasteiger charge is -2.27. The van der Waals surface area contributed by atoms with E-state index in [1.165, 1.54) is 6.42 Å². The van der Waals surface area contributed by atoms with E-state index in [9.17, 15) is 0 Å². The number of nitrogens with zero attached hydrogens (tertiary/aromatic N) is 2. The molecule has 0 saturated carbocycles. The second kappa shape index (κ2) is 9.66. The summed E-state index contributed by atoms with van der Waals surface area (Å²) >= 11 is 5.39. The van der Waals surface area contributed by atoms with Gasteiger partial charge < -0.3 is 15.1 Å². The van der Waals surface area contributed by atoms with E-state index in [-0.39, 0.29) is 0 Å². The van der Waals surface area contributed by atoms with E-state index in [4.69, 9.17) is 12.2 Å². The van der Waals surface area contributed by atoms with Crippen molar-refractivity contribution in [2.75, 3.05) is 32.7 Å². The Morgan fingerprint density at radius 3 is 2.06 bits per heavy atom. The van der Waals surface area contributed by atoms with Crippen LogP contribution in [0.4, 0.5) is 0 Å². The summed E-state index contributed by atoms with van der Waals surface area (Å²) in [6, 6.07) is 0.416. The van der Waals surface area contributed by atoms with Gasteiger partial charge in [0.15, 0.2) is 5.11 Å². The van der Waals surface area contributed by atoms with Crippen LogP contribution in [0.15, 0.2) is 0 Å². The Hall–Kier alpha value is -0.350. The average molecular weight is 259 g/mol. The Morgan fingerprint density at radius 1 is 1.06 bits per heavy atom. The highest BCUT2D eigenvalue weighted by Crippen LogP contribution is 1.97. The van der Waals surface area contributed by atoms with Crippen LogP contribution >= 0.6 is 12.2 Å². The van der Waals surface area contributed by atoms with Crippen LogP contribution < -0.4 is 5.32 Å². The molecule has 102 valence electrons. The van der Waals surface area contributed by atoms with Crippen molar-refractivity contribution >= 4 is 17.3 Å². The average Bonchev–Trinajstić information content (AvgIpc) is 2.28. The van der Waals surface area contributed by atoms with E-state index >= 15 is 0 Å². The summed E-state index contributed by atoms with van der Waals surface area (Å²) in [5, 5.41) is 4.19. The lowest BCUT2D eigenvalue weighted by Crippen LogP contribution is -2.43. The molecule has 0 bridgehead atoms. The quantitative estimate of drug-likeness (QED) is 0.674. The van der Waals surface area contributed by atoms with E-state index in [1.54, 1.807) is 0 Å². The first-order valence-corrected chi connectivity index (χ1v) is 7.23. The molecule has 0 aliphatic heterocycles. The topological polar surface area (TPSA) is 18.5 Å². The minimum absolute atomic E-state index is 0.416. The van der Waals surface area contributed by atoms with Crippen molar-refractivity contribution in [1.82, 2.24) is 15.1 Å². The van der Waals surface area contributed by atoms with E-state index in [2.05, 4.69) is 49.7 Å². The Labute approximate surface area is 113 Å².